The van der Waals surface area contributed by atoms with Crippen LogP contribution in [0.25, 0.3) is 5.65 Å². The second kappa shape index (κ2) is 8.50. The van der Waals surface area contributed by atoms with Crippen molar-refractivity contribution in [3.8, 4) is 11.8 Å². The molecule has 0 unspecified atom stereocenters. The minimum atomic E-state index is -0.225. The van der Waals surface area contributed by atoms with Crippen molar-refractivity contribution in [2.75, 3.05) is 5.32 Å². The molecule has 0 bridgehead atoms. The predicted molar refractivity (Wildman–Crippen MR) is 114 cm³/mol. The molecule has 0 fully saturated rings. The fourth-order valence-electron chi connectivity index (χ4n) is 3.11. The maximum Gasteiger partial charge on any atom is 0.255 e. The van der Waals surface area contributed by atoms with E-state index < -0.39 is 0 Å². The van der Waals surface area contributed by atoms with E-state index in [1.54, 1.807) is 30.3 Å². The maximum absolute atomic E-state index is 12.6. The Hall–Kier alpha value is -4.11. The van der Waals surface area contributed by atoms with E-state index in [1.807, 2.05) is 54.0 Å². The van der Waals surface area contributed by atoms with Gasteiger partial charge in [0.1, 0.15) is 18.0 Å². The van der Waals surface area contributed by atoms with Crippen LogP contribution in [-0.4, -0.2) is 15.3 Å². The highest BCUT2D eigenvalue weighted by molar-refractivity contribution is 6.04. The lowest BCUT2D eigenvalue weighted by atomic mass is 10.1. The largest absolute Gasteiger partial charge is 0.487 e. The van der Waals surface area contributed by atoms with Gasteiger partial charge in [-0.15, -0.1) is 0 Å². The topological polar surface area (TPSA) is 79.4 Å². The molecule has 2 heterocycles. The molecule has 4 rings (SSSR count). The Morgan fingerprint density at radius 3 is 2.77 bits per heavy atom. The highest BCUT2D eigenvalue weighted by Crippen LogP contribution is 2.18. The second-order valence-corrected chi connectivity index (χ2v) is 7.01. The number of nitrogens with zero attached hydrogens (tertiary/aromatic N) is 3. The number of fused-ring (bicyclic) bond motifs is 1. The molecule has 0 saturated heterocycles. The summed E-state index contributed by atoms with van der Waals surface area (Å²) in [7, 11) is 0. The van der Waals surface area contributed by atoms with Gasteiger partial charge in [0.15, 0.2) is 0 Å². The zero-order chi connectivity index (χ0) is 20.9. The lowest BCUT2D eigenvalue weighted by molar-refractivity contribution is 0.102. The van der Waals surface area contributed by atoms with Crippen molar-refractivity contribution in [2.45, 2.75) is 20.0 Å². The van der Waals surface area contributed by atoms with Gasteiger partial charge in [0.2, 0.25) is 0 Å². The number of carbonyl (C=O) groups is 1. The molecule has 0 saturated carbocycles. The smallest absolute Gasteiger partial charge is 0.255 e. The van der Waals surface area contributed by atoms with E-state index in [2.05, 4.69) is 16.4 Å². The van der Waals surface area contributed by atoms with Crippen LogP contribution in [-0.2, 0) is 13.0 Å². The first-order valence-corrected chi connectivity index (χ1v) is 9.55. The first-order valence-electron chi connectivity index (χ1n) is 9.55. The number of hydrogen-bond donors (Lipinski definition) is 1. The number of rotatable bonds is 6. The summed E-state index contributed by atoms with van der Waals surface area (Å²) in [6.45, 7) is 2.35. The summed E-state index contributed by atoms with van der Waals surface area (Å²) >= 11 is 0. The van der Waals surface area contributed by atoms with Gasteiger partial charge in [-0.1, -0.05) is 24.3 Å². The minimum Gasteiger partial charge on any atom is -0.487 e. The van der Waals surface area contributed by atoms with Crippen LogP contribution in [0.5, 0.6) is 5.75 Å². The number of aromatic nitrogens is 2. The number of hydrogen-bond acceptors (Lipinski definition) is 4. The molecular weight excluding hydrogens is 376 g/mol. The Bertz CT molecular complexity index is 1240. The SMILES string of the molecule is Cc1ccc2nc(COc3cccc(C(=O)Nc4ccc(CC#N)cc4)c3)cn2c1. The van der Waals surface area contributed by atoms with Gasteiger partial charge in [-0.05, 0) is 54.4 Å². The van der Waals surface area contributed by atoms with Gasteiger partial charge in [0, 0.05) is 23.6 Å². The normalized spacial score (nSPS) is 10.5. The number of ether oxygens (including phenoxy) is 1. The fraction of sp³-hybridized carbons (Fsp3) is 0.125. The first kappa shape index (κ1) is 19.2. The third-order valence-electron chi connectivity index (χ3n) is 4.63. The predicted octanol–water partition coefficient (Wildman–Crippen LogP) is 4.54. The first-order chi connectivity index (χ1) is 14.6. The zero-order valence-corrected chi connectivity index (χ0v) is 16.5. The molecule has 148 valence electrons. The van der Waals surface area contributed by atoms with E-state index in [-0.39, 0.29) is 5.91 Å². The van der Waals surface area contributed by atoms with Crippen LogP contribution in [0, 0.1) is 18.3 Å². The monoisotopic (exact) mass is 396 g/mol. The van der Waals surface area contributed by atoms with Gasteiger partial charge in [0.25, 0.3) is 5.91 Å². The van der Waals surface area contributed by atoms with Crippen LogP contribution in [0.4, 0.5) is 5.69 Å². The summed E-state index contributed by atoms with van der Waals surface area (Å²) in [5.74, 6) is 0.372. The summed E-state index contributed by atoms with van der Waals surface area (Å²) in [6.07, 6.45) is 4.30. The number of pyridine rings is 1. The minimum absolute atomic E-state index is 0.225. The van der Waals surface area contributed by atoms with E-state index in [0.717, 1.165) is 22.5 Å². The van der Waals surface area contributed by atoms with Crippen molar-refractivity contribution in [3.63, 3.8) is 0 Å². The summed E-state index contributed by atoms with van der Waals surface area (Å²) < 4.78 is 7.82. The van der Waals surface area contributed by atoms with Crippen molar-refractivity contribution in [1.29, 1.82) is 5.26 Å². The van der Waals surface area contributed by atoms with Crippen LogP contribution in [0.2, 0.25) is 0 Å². The third-order valence-corrected chi connectivity index (χ3v) is 4.63. The van der Waals surface area contributed by atoms with Crippen molar-refractivity contribution < 1.29 is 9.53 Å². The molecule has 0 aliphatic heterocycles. The van der Waals surface area contributed by atoms with Crippen molar-refractivity contribution in [2.24, 2.45) is 0 Å². The van der Waals surface area contributed by atoms with Gasteiger partial charge in [-0.3, -0.25) is 4.79 Å². The van der Waals surface area contributed by atoms with Crippen LogP contribution in [0.1, 0.15) is 27.2 Å². The van der Waals surface area contributed by atoms with Crippen molar-refractivity contribution in [3.05, 3.63) is 95.4 Å². The lowest BCUT2D eigenvalue weighted by Crippen LogP contribution is -2.12. The van der Waals surface area contributed by atoms with Crippen LogP contribution < -0.4 is 10.1 Å². The highest BCUT2D eigenvalue weighted by atomic mass is 16.5. The maximum atomic E-state index is 12.6. The highest BCUT2D eigenvalue weighted by Gasteiger charge is 2.09. The molecule has 30 heavy (non-hydrogen) atoms. The van der Waals surface area contributed by atoms with Crippen molar-refractivity contribution >= 4 is 17.2 Å². The van der Waals surface area contributed by atoms with Gasteiger partial charge in [0.05, 0.1) is 18.2 Å². The Labute approximate surface area is 174 Å². The standard InChI is InChI=1S/C24H20N4O2/c1-17-5-10-23-26-21(15-28(23)14-17)16-30-22-4-2-3-19(13-22)24(29)27-20-8-6-18(7-9-20)11-12-25/h2-10,13-15H,11,16H2,1H3,(H,27,29). The third kappa shape index (κ3) is 4.47. The molecule has 0 aliphatic carbocycles. The Kier molecular flexibility index (Phi) is 5.44. The van der Waals surface area contributed by atoms with Crippen molar-refractivity contribution in [1.82, 2.24) is 9.38 Å². The molecule has 0 aliphatic rings. The molecule has 1 N–H and O–H groups in total. The number of anilines is 1. The lowest BCUT2D eigenvalue weighted by Gasteiger charge is -2.08. The van der Waals surface area contributed by atoms with Gasteiger partial charge in [-0.2, -0.15) is 5.26 Å². The molecule has 1 amide bonds. The van der Waals surface area contributed by atoms with Gasteiger partial charge >= 0.3 is 0 Å². The van der Waals surface area contributed by atoms with Crippen LogP contribution >= 0.6 is 0 Å². The number of nitrogens with one attached hydrogen (secondary N) is 1. The molecule has 0 radical (unpaired) electrons. The summed E-state index contributed by atoms with van der Waals surface area (Å²) in [4.78, 5) is 17.1. The summed E-state index contributed by atoms with van der Waals surface area (Å²) in [5.41, 5.74) is 4.92. The molecule has 2 aromatic carbocycles. The number of imidazole rings is 1. The second-order valence-electron chi connectivity index (χ2n) is 7.01. The fourth-order valence-corrected chi connectivity index (χ4v) is 3.11. The number of benzene rings is 2. The van der Waals surface area contributed by atoms with E-state index in [0.29, 0.717) is 30.0 Å². The average molecular weight is 396 g/mol. The van der Waals surface area contributed by atoms with Crippen LogP contribution in [0.15, 0.2) is 73.1 Å². The van der Waals surface area contributed by atoms with E-state index in [9.17, 15) is 4.79 Å². The summed E-state index contributed by atoms with van der Waals surface area (Å²) in [5, 5.41) is 11.6. The molecule has 4 aromatic rings. The Morgan fingerprint density at radius 1 is 1.13 bits per heavy atom. The number of aryl methyl sites for hydroxylation is 1. The van der Waals surface area contributed by atoms with E-state index in [4.69, 9.17) is 10.00 Å². The van der Waals surface area contributed by atoms with Crippen LogP contribution in [0.3, 0.4) is 0 Å². The molecule has 6 heteroatoms. The quantitative estimate of drug-likeness (QED) is 0.519. The molecular formula is C24H20N4O2. The molecule has 0 atom stereocenters. The number of carbonyl (C=O) groups excluding carboxylic acids is 1. The average Bonchev–Trinajstić information content (AvgIpc) is 3.16. The Balaban J connectivity index is 1.41. The van der Waals surface area contributed by atoms with Gasteiger partial charge in [-0.25, -0.2) is 4.98 Å². The van der Waals surface area contributed by atoms with Gasteiger partial charge < -0.3 is 14.5 Å². The number of nitriles is 1. The molecule has 2 aromatic heterocycles. The zero-order valence-electron chi connectivity index (χ0n) is 16.5. The van der Waals surface area contributed by atoms with E-state index in [1.165, 1.54) is 0 Å². The Morgan fingerprint density at radius 2 is 1.97 bits per heavy atom. The molecule has 6 nitrogen and oxygen atoms in total. The van der Waals surface area contributed by atoms with E-state index >= 15 is 0 Å². The summed E-state index contributed by atoms with van der Waals surface area (Å²) in [6, 6.07) is 20.4. The molecule has 0 spiro atoms. The number of amides is 1.